The lowest BCUT2D eigenvalue weighted by molar-refractivity contribution is 0.0967. The third-order valence-corrected chi connectivity index (χ3v) is 6.51. The van der Waals surface area contributed by atoms with Gasteiger partial charge in [-0.15, -0.1) is 0 Å². The zero-order valence-electron chi connectivity index (χ0n) is 15.2. The molecule has 0 saturated carbocycles. The average molecular weight is 475 g/mol. The highest BCUT2D eigenvalue weighted by molar-refractivity contribution is 8.22. The average Bonchev–Trinajstić information content (AvgIpc) is 2.75. The summed E-state index contributed by atoms with van der Waals surface area (Å²) in [7, 11) is 0. The Morgan fingerprint density at radius 1 is 0.833 bits per heavy atom. The number of nitriles is 1. The van der Waals surface area contributed by atoms with E-state index in [1.54, 1.807) is 24.3 Å². The number of carbonyl (C=O) groups is 1. The van der Waals surface area contributed by atoms with Crippen molar-refractivity contribution in [1.82, 2.24) is 5.32 Å². The summed E-state index contributed by atoms with van der Waals surface area (Å²) < 4.78 is 13.7. The van der Waals surface area contributed by atoms with E-state index in [4.69, 9.17) is 23.2 Å². The molecule has 0 aliphatic rings. The number of rotatable bonds is 6. The Kier molecular flexibility index (Phi) is 7.83. The molecule has 0 aromatic heterocycles. The van der Waals surface area contributed by atoms with Gasteiger partial charge in [0, 0.05) is 25.4 Å². The van der Waals surface area contributed by atoms with Gasteiger partial charge in [-0.2, -0.15) is 5.26 Å². The first-order valence-corrected chi connectivity index (χ1v) is 10.9. The first-order valence-electron chi connectivity index (χ1n) is 8.53. The number of nitrogens with zero attached hydrogens (tertiary/aromatic N) is 1. The van der Waals surface area contributed by atoms with Gasteiger partial charge < -0.3 is 5.32 Å². The Balaban J connectivity index is 1.92. The van der Waals surface area contributed by atoms with E-state index in [0.29, 0.717) is 14.3 Å². The van der Waals surface area contributed by atoms with E-state index >= 15 is 0 Å². The van der Waals surface area contributed by atoms with Gasteiger partial charge in [-0.05, 0) is 72.8 Å². The van der Waals surface area contributed by atoms with E-state index < -0.39 is 11.7 Å². The molecule has 0 unspecified atom stereocenters. The number of benzene rings is 3. The molecule has 0 spiro atoms. The number of halogens is 3. The fraction of sp³-hybridized carbons (Fsp3) is 0. The van der Waals surface area contributed by atoms with Crippen LogP contribution in [-0.2, 0) is 0 Å². The topological polar surface area (TPSA) is 52.9 Å². The molecule has 150 valence electrons. The summed E-state index contributed by atoms with van der Waals surface area (Å²) in [6.07, 6.45) is 0. The van der Waals surface area contributed by atoms with E-state index in [2.05, 4.69) is 11.4 Å². The van der Waals surface area contributed by atoms with Gasteiger partial charge in [-0.3, -0.25) is 4.79 Å². The first kappa shape index (κ1) is 22.3. The van der Waals surface area contributed by atoms with E-state index in [9.17, 15) is 14.4 Å². The van der Waals surface area contributed by atoms with Crippen LogP contribution in [0.3, 0.4) is 0 Å². The van der Waals surface area contributed by atoms with Crippen molar-refractivity contribution in [1.29, 1.82) is 5.26 Å². The van der Waals surface area contributed by atoms with Gasteiger partial charge in [0.25, 0.3) is 5.91 Å². The lowest BCUT2D eigenvalue weighted by Gasteiger charge is -2.12. The van der Waals surface area contributed by atoms with Gasteiger partial charge in [0.1, 0.15) is 17.6 Å². The summed E-state index contributed by atoms with van der Waals surface area (Å²) in [5.74, 6) is -0.947. The van der Waals surface area contributed by atoms with Crippen molar-refractivity contribution in [3.63, 3.8) is 0 Å². The Morgan fingerprint density at radius 3 is 1.73 bits per heavy atom. The van der Waals surface area contributed by atoms with Crippen LogP contribution in [0.15, 0.2) is 92.5 Å². The first-order chi connectivity index (χ1) is 14.4. The van der Waals surface area contributed by atoms with Gasteiger partial charge in [-0.25, -0.2) is 4.39 Å². The maximum Gasteiger partial charge on any atom is 0.256 e. The van der Waals surface area contributed by atoms with Crippen LogP contribution in [0.4, 0.5) is 4.39 Å². The molecule has 0 atom stereocenters. The second-order valence-corrected chi connectivity index (χ2v) is 9.15. The van der Waals surface area contributed by atoms with Crippen LogP contribution in [0.2, 0.25) is 10.0 Å². The number of hydrogen-bond donors (Lipinski definition) is 1. The van der Waals surface area contributed by atoms with Crippen LogP contribution < -0.4 is 5.32 Å². The summed E-state index contributed by atoms with van der Waals surface area (Å²) in [6, 6.07) is 21.5. The van der Waals surface area contributed by atoms with E-state index in [1.165, 1.54) is 47.8 Å². The maximum absolute atomic E-state index is 13.1. The second kappa shape index (κ2) is 10.6. The lowest BCUT2D eigenvalue weighted by Crippen LogP contribution is -2.22. The Hall–Kier alpha value is -2.43. The van der Waals surface area contributed by atoms with Gasteiger partial charge in [-0.1, -0.05) is 46.7 Å². The van der Waals surface area contributed by atoms with E-state index in [-0.39, 0.29) is 11.3 Å². The second-order valence-electron chi connectivity index (χ2n) is 5.85. The molecule has 0 radical (unpaired) electrons. The quantitative estimate of drug-likeness (QED) is 0.304. The largest absolute Gasteiger partial charge is 0.312 e. The van der Waals surface area contributed by atoms with Gasteiger partial charge in [0.2, 0.25) is 0 Å². The van der Waals surface area contributed by atoms with Gasteiger partial charge in [0.05, 0.1) is 4.24 Å². The van der Waals surface area contributed by atoms with Gasteiger partial charge >= 0.3 is 0 Å². The zero-order valence-corrected chi connectivity index (χ0v) is 18.4. The van der Waals surface area contributed by atoms with Crippen LogP contribution >= 0.6 is 46.7 Å². The molecule has 8 heteroatoms. The monoisotopic (exact) mass is 474 g/mol. The fourth-order valence-corrected chi connectivity index (χ4v) is 4.62. The molecule has 0 aliphatic heterocycles. The standard InChI is InChI=1S/C22H13Cl2FN2OS2/c23-15-3-9-18(10-4-15)29-22(30-19-11-5-16(24)6-12-19)20(13-26)27-21(28)14-1-7-17(25)8-2-14/h1-12H,(H,27,28). The molecule has 3 nitrogen and oxygen atoms in total. The van der Waals surface area contributed by atoms with Crippen molar-refractivity contribution in [3.8, 4) is 6.07 Å². The van der Waals surface area contributed by atoms with Crippen LogP contribution in [0.1, 0.15) is 10.4 Å². The summed E-state index contributed by atoms with van der Waals surface area (Å²) >= 11 is 14.6. The minimum Gasteiger partial charge on any atom is -0.312 e. The third-order valence-electron chi connectivity index (χ3n) is 3.71. The van der Waals surface area contributed by atoms with Crippen molar-refractivity contribution in [3.05, 3.63) is 104 Å². The van der Waals surface area contributed by atoms with Crippen LogP contribution in [-0.4, -0.2) is 5.91 Å². The molecule has 1 N–H and O–H groups in total. The summed E-state index contributed by atoms with van der Waals surface area (Å²) in [6.45, 7) is 0. The van der Waals surface area contributed by atoms with Gasteiger partial charge in [0.15, 0.2) is 0 Å². The van der Waals surface area contributed by atoms with E-state index in [1.807, 2.05) is 24.3 Å². The SMILES string of the molecule is N#CC(NC(=O)c1ccc(F)cc1)=C(Sc1ccc(Cl)cc1)Sc1ccc(Cl)cc1. The van der Waals surface area contributed by atoms with Crippen molar-refractivity contribution >= 4 is 52.6 Å². The highest BCUT2D eigenvalue weighted by Crippen LogP contribution is 2.41. The smallest absolute Gasteiger partial charge is 0.256 e. The molecule has 0 saturated heterocycles. The molecule has 0 heterocycles. The Labute approximate surface area is 191 Å². The van der Waals surface area contributed by atoms with Crippen molar-refractivity contribution in [2.45, 2.75) is 9.79 Å². The summed E-state index contributed by atoms with van der Waals surface area (Å²) in [5.41, 5.74) is 0.334. The molecule has 0 bridgehead atoms. The van der Waals surface area contributed by atoms with Crippen molar-refractivity contribution in [2.75, 3.05) is 0 Å². The molecule has 0 aliphatic carbocycles. The predicted octanol–water partition coefficient (Wildman–Crippen LogP) is 7.14. The molecule has 0 fully saturated rings. The van der Waals surface area contributed by atoms with Crippen molar-refractivity contribution in [2.24, 2.45) is 0 Å². The van der Waals surface area contributed by atoms with Crippen LogP contribution in [0.25, 0.3) is 0 Å². The zero-order chi connectivity index (χ0) is 21.5. The summed E-state index contributed by atoms with van der Waals surface area (Å²) in [5, 5.41) is 13.6. The number of hydrogen-bond acceptors (Lipinski definition) is 4. The third kappa shape index (κ3) is 6.28. The maximum atomic E-state index is 13.1. The highest BCUT2D eigenvalue weighted by atomic mass is 35.5. The number of allylic oxidation sites excluding steroid dienone is 1. The molecular formula is C22H13Cl2FN2OS2. The number of thioether (sulfide) groups is 2. The normalized spacial score (nSPS) is 10.2. The minimum atomic E-state index is -0.502. The van der Waals surface area contributed by atoms with Crippen LogP contribution in [0.5, 0.6) is 0 Å². The minimum absolute atomic E-state index is 0.0872. The van der Waals surface area contributed by atoms with Crippen molar-refractivity contribution < 1.29 is 9.18 Å². The number of nitrogens with one attached hydrogen (secondary N) is 1. The Bertz CT molecular complexity index is 1060. The molecule has 3 aromatic rings. The molecule has 30 heavy (non-hydrogen) atoms. The summed E-state index contributed by atoms with van der Waals surface area (Å²) in [4.78, 5) is 14.2. The molecule has 3 rings (SSSR count). The number of carbonyl (C=O) groups excluding carboxylic acids is 1. The molecule has 3 aromatic carbocycles. The fourth-order valence-electron chi connectivity index (χ4n) is 2.25. The number of amides is 1. The predicted molar refractivity (Wildman–Crippen MR) is 121 cm³/mol. The molecular weight excluding hydrogens is 462 g/mol. The lowest BCUT2D eigenvalue weighted by atomic mass is 10.2. The van der Waals surface area contributed by atoms with E-state index in [0.717, 1.165) is 9.79 Å². The molecule has 1 amide bonds. The highest BCUT2D eigenvalue weighted by Gasteiger charge is 2.15. The van der Waals surface area contributed by atoms with Crippen LogP contribution in [0, 0.1) is 17.1 Å². The Morgan fingerprint density at radius 2 is 1.30 bits per heavy atom.